The van der Waals surface area contributed by atoms with Gasteiger partial charge in [-0.1, -0.05) is 18.2 Å². The van der Waals surface area contributed by atoms with Gasteiger partial charge in [-0.25, -0.2) is 0 Å². The Labute approximate surface area is 139 Å². The Hall–Kier alpha value is -2.02. The lowest BCUT2D eigenvalue weighted by Gasteiger charge is -2.14. The molecule has 0 aliphatic rings. The zero-order valence-corrected chi connectivity index (χ0v) is 13.7. The molecule has 0 unspecified atom stereocenters. The first-order valence-electron chi connectivity index (χ1n) is 6.62. The normalized spacial score (nSPS) is 11.2. The van der Waals surface area contributed by atoms with Gasteiger partial charge in [0, 0.05) is 11.3 Å². The number of ether oxygens (including phenoxy) is 1. The first kappa shape index (κ1) is 17.3. The summed E-state index contributed by atoms with van der Waals surface area (Å²) < 4.78 is 41.7. The van der Waals surface area contributed by atoms with Crippen LogP contribution in [-0.2, 0) is 0 Å². The number of carbonyl (C=O) groups is 1. The first-order valence-corrected chi connectivity index (χ1v) is 7.41. The van der Waals surface area contributed by atoms with Crippen molar-refractivity contribution in [3.8, 4) is 5.75 Å². The molecule has 0 spiro atoms. The third-order valence-electron chi connectivity index (χ3n) is 2.95. The van der Waals surface area contributed by atoms with Crippen molar-refractivity contribution < 1.29 is 22.7 Å². The summed E-state index contributed by atoms with van der Waals surface area (Å²) in [6.45, 7) is 0.300. The molecule has 122 valence electrons. The molecule has 2 aromatic carbocycles. The maximum atomic E-state index is 12.2. The molecule has 0 aliphatic heterocycles. The van der Waals surface area contributed by atoms with Crippen LogP contribution < -0.4 is 10.1 Å². The predicted octanol–water partition coefficient (Wildman–Crippen LogP) is 4.95. The molecule has 1 N–H and O–H groups in total. The van der Waals surface area contributed by atoms with Gasteiger partial charge < -0.3 is 10.1 Å². The Bertz CT molecular complexity index is 702. The molecule has 0 aromatic heterocycles. The van der Waals surface area contributed by atoms with Crippen molar-refractivity contribution in [2.75, 3.05) is 11.9 Å². The Morgan fingerprint density at radius 2 is 1.87 bits per heavy atom. The number of benzene rings is 2. The third kappa shape index (κ3) is 4.99. The number of hydrogen-bond donors (Lipinski definition) is 1. The van der Waals surface area contributed by atoms with Crippen LogP contribution in [0.25, 0.3) is 0 Å². The fraction of sp³-hybridized carbons (Fsp3) is 0.188. The van der Waals surface area contributed by atoms with Crippen molar-refractivity contribution in [1.29, 1.82) is 0 Å². The summed E-state index contributed by atoms with van der Waals surface area (Å²) in [6, 6.07) is 11.6. The van der Waals surface area contributed by atoms with E-state index in [9.17, 15) is 18.0 Å². The van der Waals surface area contributed by atoms with E-state index in [0.717, 1.165) is 0 Å². The lowest BCUT2D eigenvalue weighted by molar-refractivity contribution is -0.153. The van der Waals surface area contributed by atoms with Crippen LogP contribution in [0.2, 0.25) is 0 Å². The molecule has 0 aliphatic carbocycles. The van der Waals surface area contributed by atoms with Crippen LogP contribution in [0.5, 0.6) is 5.75 Å². The van der Waals surface area contributed by atoms with E-state index in [2.05, 4.69) is 21.2 Å². The van der Waals surface area contributed by atoms with Gasteiger partial charge in [0.05, 0.1) is 4.47 Å². The Balaban J connectivity index is 2.15. The van der Waals surface area contributed by atoms with Crippen molar-refractivity contribution >= 4 is 27.5 Å². The highest BCUT2D eigenvalue weighted by molar-refractivity contribution is 9.10. The number of aryl methyl sites for hydroxylation is 1. The van der Waals surface area contributed by atoms with Crippen LogP contribution in [0.1, 0.15) is 15.9 Å². The highest BCUT2D eigenvalue weighted by atomic mass is 79.9. The van der Waals surface area contributed by atoms with Crippen LogP contribution in [-0.4, -0.2) is 18.7 Å². The lowest BCUT2D eigenvalue weighted by Crippen LogP contribution is -2.19. The number of halogens is 4. The van der Waals surface area contributed by atoms with Gasteiger partial charge in [0.1, 0.15) is 5.75 Å². The summed E-state index contributed by atoms with van der Waals surface area (Å²) in [5.74, 6) is -0.234. The van der Waals surface area contributed by atoms with E-state index >= 15 is 0 Å². The molecule has 2 aromatic rings. The molecule has 0 atom stereocenters. The fourth-order valence-corrected chi connectivity index (χ4v) is 2.30. The molecular weight excluding hydrogens is 375 g/mol. The number of amides is 1. The fourth-order valence-electron chi connectivity index (χ4n) is 1.84. The van der Waals surface area contributed by atoms with Gasteiger partial charge in [-0.2, -0.15) is 13.2 Å². The molecule has 0 heterocycles. The molecule has 0 radical (unpaired) electrons. The van der Waals surface area contributed by atoms with Crippen LogP contribution in [0.4, 0.5) is 18.9 Å². The van der Waals surface area contributed by atoms with Crippen LogP contribution in [0.3, 0.4) is 0 Å². The predicted molar refractivity (Wildman–Crippen MR) is 84.8 cm³/mol. The molecule has 3 nitrogen and oxygen atoms in total. The Morgan fingerprint density at radius 1 is 1.22 bits per heavy atom. The summed E-state index contributed by atoms with van der Waals surface area (Å²) in [6.07, 6.45) is -4.41. The zero-order chi connectivity index (χ0) is 17.0. The average molecular weight is 388 g/mol. The minimum absolute atomic E-state index is 0.0672. The van der Waals surface area contributed by atoms with E-state index < -0.39 is 12.8 Å². The van der Waals surface area contributed by atoms with E-state index in [1.807, 2.05) is 0 Å². The largest absolute Gasteiger partial charge is 0.483 e. The number of carbonyl (C=O) groups excluding carboxylic acids is 1. The van der Waals surface area contributed by atoms with Crippen LogP contribution in [0, 0.1) is 6.92 Å². The molecular formula is C16H13BrF3NO2. The minimum Gasteiger partial charge on any atom is -0.483 e. The quantitative estimate of drug-likeness (QED) is 0.805. The second kappa shape index (κ2) is 7.04. The van der Waals surface area contributed by atoms with Gasteiger partial charge in [-0.3, -0.25) is 4.79 Å². The molecule has 1 amide bonds. The second-order valence-corrected chi connectivity index (χ2v) is 5.68. The topological polar surface area (TPSA) is 38.3 Å². The van der Waals surface area contributed by atoms with Crippen molar-refractivity contribution in [2.45, 2.75) is 13.1 Å². The van der Waals surface area contributed by atoms with Crippen molar-refractivity contribution in [2.24, 2.45) is 0 Å². The van der Waals surface area contributed by atoms with E-state index in [0.29, 0.717) is 21.3 Å². The minimum atomic E-state index is -4.41. The van der Waals surface area contributed by atoms with Gasteiger partial charge in [-0.05, 0) is 52.7 Å². The molecule has 0 saturated heterocycles. The first-order chi connectivity index (χ1) is 10.8. The Morgan fingerprint density at radius 3 is 2.48 bits per heavy atom. The number of rotatable bonds is 4. The van der Waals surface area contributed by atoms with Crippen LogP contribution >= 0.6 is 15.9 Å². The van der Waals surface area contributed by atoms with Gasteiger partial charge >= 0.3 is 6.18 Å². The lowest BCUT2D eigenvalue weighted by atomic mass is 10.1. The molecule has 7 heteroatoms. The molecule has 0 saturated carbocycles. The Kier molecular flexibility index (Phi) is 5.30. The maximum Gasteiger partial charge on any atom is 0.422 e. The summed E-state index contributed by atoms with van der Waals surface area (Å²) in [5.41, 5.74) is 1.57. The monoisotopic (exact) mass is 387 g/mol. The second-order valence-electron chi connectivity index (χ2n) is 4.82. The number of nitrogens with one attached hydrogen (secondary N) is 1. The SMILES string of the molecule is Cc1cc(OCC(F)(F)F)c(Br)cc1NC(=O)c1ccccc1. The number of hydrogen-bond acceptors (Lipinski definition) is 2. The molecule has 0 fully saturated rings. The van der Waals surface area contributed by atoms with Gasteiger partial charge in [0.2, 0.25) is 0 Å². The highest BCUT2D eigenvalue weighted by Gasteiger charge is 2.28. The smallest absolute Gasteiger partial charge is 0.422 e. The summed E-state index contributed by atoms with van der Waals surface area (Å²) in [4.78, 5) is 12.1. The summed E-state index contributed by atoms with van der Waals surface area (Å²) >= 11 is 3.15. The third-order valence-corrected chi connectivity index (χ3v) is 3.57. The van der Waals surface area contributed by atoms with Crippen molar-refractivity contribution in [3.63, 3.8) is 0 Å². The maximum absolute atomic E-state index is 12.2. The van der Waals surface area contributed by atoms with E-state index in [1.54, 1.807) is 37.3 Å². The highest BCUT2D eigenvalue weighted by Crippen LogP contribution is 2.32. The summed E-state index contributed by atoms with van der Waals surface area (Å²) in [5, 5.41) is 2.72. The summed E-state index contributed by atoms with van der Waals surface area (Å²) in [7, 11) is 0. The number of anilines is 1. The van der Waals surface area contributed by atoms with Crippen molar-refractivity contribution in [1.82, 2.24) is 0 Å². The number of alkyl halides is 3. The molecule has 0 bridgehead atoms. The zero-order valence-electron chi connectivity index (χ0n) is 12.1. The molecule has 2 rings (SSSR count). The van der Waals surface area contributed by atoms with Gasteiger partial charge in [0.15, 0.2) is 6.61 Å². The van der Waals surface area contributed by atoms with E-state index in [1.165, 1.54) is 12.1 Å². The van der Waals surface area contributed by atoms with Crippen LogP contribution in [0.15, 0.2) is 46.9 Å². The van der Waals surface area contributed by atoms with E-state index in [4.69, 9.17) is 4.74 Å². The van der Waals surface area contributed by atoms with E-state index in [-0.39, 0.29) is 11.7 Å². The standard InChI is InChI=1S/C16H13BrF3NO2/c1-10-7-14(23-9-16(18,19)20)12(17)8-13(10)21-15(22)11-5-3-2-4-6-11/h2-8H,9H2,1H3,(H,21,22). The molecule has 23 heavy (non-hydrogen) atoms. The average Bonchev–Trinajstić information content (AvgIpc) is 2.49. The van der Waals surface area contributed by atoms with Crippen molar-refractivity contribution in [3.05, 3.63) is 58.1 Å². The van der Waals surface area contributed by atoms with Gasteiger partial charge in [-0.15, -0.1) is 0 Å². The van der Waals surface area contributed by atoms with Gasteiger partial charge in [0.25, 0.3) is 5.91 Å².